The highest BCUT2D eigenvalue weighted by Gasteiger charge is 2.28. The number of hydrogen-bond acceptors (Lipinski definition) is 5. The van der Waals surface area contributed by atoms with E-state index in [0.29, 0.717) is 47.7 Å². The number of halogens is 1. The van der Waals surface area contributed by atoms with E-state index in [2.05, 4.69) is 0 Å². The van der Waals surface area contributed by atoms with E-state index >= 15 is 0 Å². The Bertz CT molecular complexity index is 1130. The van der Waals surface area contributed by atoms with Gasteiger partial charge in [-0.1, -0.05) is 17.6 Å². The fourth-order valence-electron chi connectivity index (χ4n) is 3.80. The number of aromatic nitrogens is 1. The number of piperidine rings is 1. The summed E-state index contributed by atoms with van der Waals surface area (Å²) in [4.78, 5) is 27.2. The molecule has 2 aliphatic rings. The molecular formula is C20H17FN2O4S. The van der Waals surface area contributed by atoms with Crippen molar-refractivity contribution in [3.63, 3.8) is 0 Å². The second kappa shape index (κ2) is 6.63. The number of carbonyl (C=O) groups excluding carboxylic acids is 1. The maximum atomic E-state index is 14.0. The SMILES string of the molecule is O=C(c1ccc2c(c1)OCO2)N1CCC(n2sc3cccc(F)c3c2=O)CC1. The summed E-state index contributed by atoms with van der Waals surface area (Å²) in [6.07, 6.45) is 1.31. The highest BCUT2D eigenvalue weighted by molar-refractivity contribution is 7.13. The number of ether oxygens (including phenoxy) is 2. The molecule has 0 unspecified atom stereocenters. The molecule has 1 aromatic heterocycles. The van der Waals surface area contributed by atoms with Gasteiger partial charge in [0.05, 0.1) is 16.1 Å². The van der Waals surface area contributed by atoms with Gasteiger partial charge in [-0.25, -0.2) is 4.39 Å². The summed E-state index contributed by atoms with van der Waals surface area (Å²) in [7, 11) is 0. The van der Waals surface area contributed by atoms with Crippen LogP contribution in [-0.4, -0.2) is 34.6 Å². The van der Waals surface area contributed by atoms with Crippen LogP contribution in [0.4, 0.5) is 4.39 Å². The monoisotopic (exact) mass is 400 g/mol. The number of hydrogen-bond donors (Lipinski definition) is 0. The summed E-state index contributed by atoms with van der Waals surface area (Å²) in [6.45, 7) is 1.26. The Morgan fingerprint density at radius 1 is 1.11 bits per heavy atom. The van der Waals surface area contributed by atoms with Gasteiger partial charge in [0.25, 0.3) is 11.5 Å². The zero-order chi connectivity index (χ0) is 19.3. The molecule has 5 rings (SSSR count). The van der Waals surface area contributed by atoms with Gasteiger partial charge in [0, 0.05) is 18.7 Å². The van der Waals surface area contributed by atoms with Crippen molar-refractivity contribution in [2.24, 2.45) is 0 Å². The summed E-state index contributed by atoms with van der Waals surface area (Å²) in [5.41, 5.74) is 0.280. The quantitative estimate of drug-likeness (QED) is 0.662. The highest BCUT2D eigenvalue weighted by Crippen LogP contribution is 2.33. The Kier molecular flexibility index (Phi) is 4.08. The Morgan fingerprint density at radius 3 is 2.68 bits per heavy atom. The molecule has 144 valence electrons. The molecule has 0 bridgehead atoms. The van der Waals surface area contributed by atoms with Gasteiger partial charge in [-0.3, -0.25) is 13.5 Å². The van der Waals surface area contributed by atoms with Crippen molar-refractivity contribution in [1.82, 2.24) is 8.86 Å². The Labute approximate surface area is 163 Å². The van der Waals surface area contributed by atoms with Crippen molar-refractivity contribution < 1.29 is 18.7 Å². The molecule has 0 atom stereocenters. The van der Waals surface area contributed by atoms with Crippen molar-refractivity contribution in [2.45, 2.75) is 18.9 Å². The van der Waals surface area contributed by atoms with Gasteiger partial charge >= 0.3 is 0 Å². The van der Waals surface area contributed by atoms with Gasteiger partial charge in [0.1, 0.15) is 5.82 Å². The fourth-order valence-corrected chi connectivity index (χ4v) is 4.96. The van der Waals surface area contributed by atoms with E-state index in [1.165, 1.54) is 17.6 Å². The molecule has 0 N–H and O–H groups in total. The second-order valence-corrected chi connectivity index (χ2v) is 7.94. The van der Waals surface area contributed by atoms with Gasteiger partial charge in [-0.2, -0.15) is 0 Å². The first kappa shape index (κ1) is 17.2. The number of fused-ring (bicyclic) bond motifs is 2. The summed E-state index contributed by atoms with van der Waals surface area (Å²) in [5, 5.41) is 0.159. The molecule has 6 nitrogen and oxygen atoms in total. The highest BCUT2D eigenvalue weighted by atomic mass is 32.1. The molecule has 0 radical (unpaired) electrons. The van der Waals surface area contributed by atoms with Crippen LogP contribution in [0.2, 0.25) is 0 Å². The van der Waals surface area contributed by atoms with Crippen molar-refractivity contribution >= 4 is 27.5 Å². The number of benzene rings is 2. The molecule has 2 aliphatic heterocycles. The third kappa shape index (κ3) is 2.75. The Balaban J connectivity index is 1.33. The lowest BCUT2D eigenvalue weighted by Crippen LogP contribution is -2.40. The van der Waals surface area contributed by atoms with Crippen LogP contribution in [0.25, 0.3) is 10.1 Å². The summed E-state index contributed by atoms with van der Waals surface area (Å²) < 4.78 is 26.9. The van der Waals surface area contributed by atoms with Crippen molar-refractivity contribution in [3.05, 3.63) is 58.1 Å². The number of carbonyl (C=O) groups is 1. The van der Waals surface area contributed by atoms with Crippen LogP contribution >= 0.6 is 11.5 Å². The molecule has 1 saturated heterocycles. The minimum absolute atomic E-state index is 0.0231. The van der Waals surface area contributed by atoms with Crippen molar-refractivity contribution in [3.8, 4) is 11.5 Å². The van der Waals surface area contributed by atoms with E-state index in [-0.39, 0.29) is 29.7 Å². The van der Waals surface area contributed by atoms with Gasteiger partial charge < -0.3 is 14.4 Å². The number of amides is 1. The zero-order valence-corrected chi connectivity index (χ0v) is 15.7. The third-order valence-corrected chi connectivity index (χ3v) is 6.49. The fraction of sp³-hybridized carbons (Fsp3) is 0.300. The predicted molar refractivity (Wildman–Crippen MR) is 103 cm³/mol. The standard InChI is InChI=1S/C20H17FN2O4S/c21-14-2-1-3-17-18(14)20(25)23(28-17)13-6-8-22(9-7-13)19(24)12-4-5-15-16(10-12)27-11-26-15/h1-5,10,13H,6-9,11H2. The first-order chi connectivity index (χ1) is 13.6. The van der Waals surface area contributed by atoms with Gasteiger partial charge in [0.2, 0.25) is 6.79 Å². The molecule has 2 aromatic carbocycles. The van der Waals surface area contributed by atoms with Crippen molar-refractivity contribution in [2.75, 3.05) is 19.9 Å². The number of nitrogens with zero attached hydrogens (tertiary/aromatic N) is 2. The van der Waals surface area contributed by atoms with E-state index in [1.807, 2.05) is 0 Å². The smallest absolute Gasteiger partial charge is 0.271 e. The molecule has 3 aromatic rings. The maximum absolute atomic E-state index is 14.0. The second-order valence-electron chi connectivity index (χ2n) is 6.93. The van der Waals surface area contributed by atoms with Gasteiger partial charge in [-0.05, 0) is 43.2 Å². The van der Waals surface area contributed by atoms with E-state index in [1.54, 1.807) is 39.2 Å². The van der Waals surface area contributed by atoms with Crippen LogP contribution in [0.1, 0.15) is 29.2 Å². The van der Waals surface area contributed by atoms with E-state index < -0.39 is 5.82 Å². The average Bonchev–Trinajstić information content (AvgIpc) is 3.32. The normalized spacial score (nSPS) is 16.7. The molecule has 0 spiro atoms. The third-order valence-electron chi connectivity index (χ3n) is 5.29. The molecule has 1 fully saturated rings. The summed E-state index contributed by atoms with van der Waals surface area (Å²) in [5.74, 6) is 0.686. The van der Waals surface area contributed by atoms with E-state index in [4.69, 9.17) is 9.47 Å². The lowest BCUT2D eigenvalue weighted by Gasteiger charge is -2.32. The largest absolute Gasteiger partial charge is 0.454 e. The maximum Gasteiger partial charge on any atom is 0.271 e. The average molecular weight is 400 g/mol. The lowest BCUT2D eigenvalue weighted by atomic mass is 10.0. The van der Waals surface area contributed by atoms with Crippen LogP contribution < -0.4 is 15.0 Å². The topological polar surface area (TPSA) is 60.8 Å². The van der Waals surface area contributed by atoms with Crippen molar-refractivity contribution in [1.29, 1.82) is 0 Å². The molecule has 1 amide bonds. The molecule has 28 heavy (non-hydrogen) atoms. The molecule has 0 saturated carbocycles. The summed E-state index contributed by atoms with van der Waals surface area (Å²) >= 11 is 1.29. The Hall–Kier alpha value is -2.87. The first-order valence-corrected chi connectivity index (χ1v) is 9.88. The minimum Gasteiger partial charge on any atom is -0.454 e. The molecule has 8 heteroatoms. The molecule has 0 aliphatic carbocycles. The van der Waals surface area contributed by atoms with Crippen LogP contribution in [0.5, 0.6) is 11.5 Å². The van der Waals surface area contributed by atoms with E-state index in [9.17, 15) is 14.0 Å². The number of rotatable bonds is 2. The zero-order valence-electron chi connectivity index (χ0n) is 14.9. The van der Waals surface area contributed by atoms with Gasteiger partial charge in [0.15, 0.2) is 11.5 Å². The number of likely N-dealkylation sites (tertiary alicyclic amines) is 1. The van der Waals surface area contributed by atoms with Crippen LogP contribution in [0.3, 0.4) is 0 Å². The predicted octanol–water partition coefficient (Wildman–Crippen LogP) is 3.41. The van der Waals surface area contributed by atoms with Crippen LogP contribution in [-0.2, 0) is 0 Å². The first-order valence-electron chi connectivity index (χ1n) is 9.11. The minimum atomic E-state index is -0.479. The van der Waals surface area contributed by atoms with Crippen LogP contribution in [0, 0.1) is 5.82 Å². The van der Waals surface area contributed by atoms with Crippen LogP contribution in [0.15, 0.2) is 41.2 Å². The Morgan fingerprint density at radius 2 is 1.89 bits per heavy atom. The molecular weight excluding hydrogens is 383 g/mol. The summed E-state index contributed by atoms with van der Waals surface area (Å²) in [6, 6.07) is 9.85. The lowest BCUT2D eigenvalue weighted by molar-refractivity contribution is 0.0697. The molecule has 3 heterocycles. The van der Waals surface area contributed by atoms with Gasteiger partial charge in [-0.15, -0.1) is 0 Å². The van der Waals surface area contributed by atoms with E-state index in [0.717, 1.165) is 0 Å².